The first-order valence-corrected chi connectivity index (χ1v) is 8.44. The summed E-state index contributed by atoms with van der Waals surface area (Å²) in [7, 11) is 1.73. The number of rotatable bonds is 4. The number of anilines is 1. The molecule has 25 heavy (non-hydrogen) atoms. The molecule has 2 unspecified atom stereocenters. The Balaban J connectivity index is 0.00000225. The van der Waals surface area contributed by atoms with Gasteiger partial charge in [-0.2, -0.15) is 0 Å². The molecule has 0 aromatic heterocycles. The summed E-state index contributed by atoms with van der Waals surface area (Å²) in [5.41, 5.74) is 0.447. The van der Waals surface area contributed by atoms with Crippen molar-refractivity contribution in [1.82, 2.24) is 10.6 Å². The second-order valence-electron chi connectivity index (χ2n) is 6.26. The molecule has 0 amide bonds. The van der Waals surface area contributed by atoms with Crippen LogP contribution in [0.4, 0.5) is 14.5 Å². The highest BCUT2D eigenvalue weighted by molar-refractivity contribution is 14.0. The minimum atomic E-state index is -0.552. The molecule has 1 aromatic carbocycles. The largest absolute Gasteiger partial charge is 0.376 e. The van der Waals surface area contributed by atoms with E-state index < -0.39 is 11.6 Å². The van der Waals surface area contributed by atoms with Crippen LogP contribution in [0.5, 0.6) is 0 Å². The average Bonchev–Trinajstić information content (AvgIpc) is 3.23. The second-order valence-corrected chi connectivity index (χ2v) is 6.26. The molecule has 3 rings (SSSR count). The van der Waals surface area contributed by atoms with Gasteiger partial charge in [0.25, 0.3) is 0 Å². The van der Waals surface area contributed by atoms with Crippen LogP contribution in [0.2, 0.25) is 0 Å². The van der Waals surface area contributed by atoms with Crippen molar-refractivity contribution in [2.24, 2.45) is 4.99 Å². The van der Waals surface area contributed by atoms with Gasteiger partial charge in [0.1, 0.15) is 11.6 Å². The number of benzene rings is 1. The van der Waals surface area contributed by atoms with Gasteiger partial charge in [-0.25, -0.2) is 8.78 Å². The molecule has 0 radical (unpaired) electrons. The first kappa shape index (κ1) is 20.2. The Morgan fingerprint density at radius 2 is 2.20 bits per heavy atom. The summed E-state index contributed by atoms with van der Waals surface area (Å²) < 4.78 is 32.5. The smallest absolute Gasteiger partial charge is 0.191 e. The van der Waals surface area contributed by atoms with Crippen molar-refractivity contribution in [1.29, 1.82) is 0 Å². The SMILES string of the molecule is CN=C(NCC1CCCO1)NC1CCN(c2ccc(F)cc2F)C1.I. The molecule has 2 saturated heterocycles. The minimum absolute atomic E-state index is 0. The lowest BCUT2D eigenvalue weighted by atomic mass is 10.2. The van der Waals surface area contributed by atoms with Gasteiger partial charge < -0.3 is 20.3 Å². The van der Waals surface area contributed by atoms with Crippen LogP contribution in [0.1, 0.15) is 19.3 Å². The molecule has 0 bridgehead atoms. The van der Waals surface area contributed by atoms with Gasteiger partial charge in [0.05, 0.1) is 11.8 Å². The highest BCUT2D eigenvalue weighted by atomic mass is 127. The van der Waals surface area contributed by atoms with Crippen LogP contribution >= 0.6 is 24.0 Å². The van der Waals surface area contributed by atoms with Crippen LogP contribution < -0.4 is 15.5 Å². The predicted octanol–water partition coefficient (Wildman–Crippen LogP) is 2.51. The van der Waals surface area contributed by atoms with E-state index in [1.807, 2.05) is 4.90 Å². The molecule has 2 aliphatic heterocycles. The molecule has 2 N–H and O–H groups in total. The fourth-order valence-corrected chi connectivity index (χ4v) is 3.24. The van der Waals surface area contributed by atoms with Gasteiger partial charge in [-0.15, -0.1) is 24.0 Å². The topological polar surface area (TPSA) is 48.9 Å². The third-order valence-corrected chi connectivity index (χ3v) is 4.52. The molecule has 2 atom stereocenters. The third kappa shape index (κ3) is 5.40. The molecular formula is C17H25F2IN4O. The normalized spacial score (nSPS) is 23.5. The lowest BCUT2D eigenvalue weighted by Crippen LogP contribution is -2.46. The summed E-state index contributed by atoms with van der Waals surface area (Å²) >= 11 is 0. The van der Waals surface area contributed by atoms with E-state index in [1.165, 1.54) is 12.1 Å². The van der Waals surface area contributed by atoms with Crippen molar-refractivity contribution in [3.8, 4) is 0 Å². The van der Waals surface area contributed by atoms with Crippen LogP contribution in [-0.4, -0.2) is 51.4 Å². The summed E-state index contributed by atoms with van der Waals surface area (Å²) in [6, 6.07) is 3.89. The van der Waals surface area contributed by atoms with Crippen molar-refractivity contribution >= 4 is 35.6 Å². The Kier molecular flexibility index (Phi) is 7.67. The Bertz CT molecular complexity index is 596. The summed E-state index contributed by atoms with van der Waals surface area (Å²) in [5.74, 6) is -0.336. The summed E-state index contributed by atoms with van der Waals surface area (Å²) in [6.45, 7) is 2.95. The second kappa shape index (κ2) is 9.51. The van der Waals surface area contributed by atoms with E-state index in [0.29, 0.717) is 12.2 Å². The number of halogens is 3. The van der Waals surface area contributed by atoms with Gasteiger partial charge in [0.15, 0.2) is 5.96 Å². The number of nitrogens with one attached hydrogen (secondary N) is 2. The van der Waals surface area contributed by atoms with Crippen molar-refractivity contribution in [2.75, 3.05) is 38.2 Å². The van der Waals surface area contributed by atoms with Crippen molar-refractivity contribution < 1.29 is 13.5 Å². The van der Waals surface area contributed by atoms with Crippen LogP contribution in [0.25, 0.3) is 0 Å². The van der Waals surface area contributed by atoms with Crippen LogP contribution in [0, 0.1) is 11.6 Å². The minimum Gasteiger partial charge on any atom is -0.376 e. The number of hydrogen-bond donors (Lipinski definition) is 2. The fraction of sp³-hybridized carbons (Fsp3) is 0.588. The number of aliphatic imine (C=N–C) groups is 1. The van der Waals surface area contributed by atoms with E-state index in [2.05, 4.69) is 15.6 Å². The maximum atomic E-state index is 13.9. The number of guanidine groups is 1. The Hall–Kier alpha value is -1.16. The maximum absolute atomic E-state index is 13.9. The van der Waals surface area contributed by atoms with E-state index in [0.717, 1.165) is 51.0 Å². The number of nitrogens with zero attached hydrogens (tertiary/aromatic N) is 2. The highest BCUT2D eigenvalue weighted by Gasteiger charge is 2.25. The third-order valence-electron chi connectivity index (χ3n) is 4.52. The Labute approximate surface area is 164 Å². The molecule has 8 heteroatoms. The molecule has 0 aliphatic carbocycles. The van der Waals surface area contributed by atoms with Crippen molar-refractivity contribution in [2.45, 2.75) is 31.4 Å². The van der Waals surface area contributed by atoms with Crippen LogP contribution in [0.3, 0.4) is 0 Å². The van der Waals surface area contributed by atoms with Crippen molar-refractivity contribution in [3.63, 3.8) is 0 Å². The maximum Gasteiger partial charge on any atom is 0.191 e. The average molecular weight is 466 g/mol. The molecule has 140 valence electrons. The van der Waals surface area contributed by atoms with Gasteiger partial charge >= 0.3 is 0 Å². The predicted molar refractivity (Wildman–Crippen MR) is 106 cm³/mol. The molecule has 2 heterocycles. The van der Waals surface area contributed by atoms with E-state index in [-0.39, 0.29) is 36.1 Å². The lowest BCUT2D eigenvalue weighted by Gasteiger charge is -2.21. The molecule has 1 aromatic rings. The fourth-order valence-electron chi connectivity index (χ4n) is 3.24. The quantitative estimate of drug-likeness (QED) is 0.407. The molecule has 0 saturated carbocycles. The van der Waals surface area contributed by atoms with E-state index in [9.17, 15) is 8.78 Å². The van der Waals surface area contributed by atoms with Crippen LogP contribution in [-0.2, 0) is 4.74 Å². The zero-order valence-corrected chi connectivity index (χ0v) is 16.6. The van der Waals surface area contributed by atoms with Gasteiger partial charge in [-0.3, -0.25) is 4.99 Å². The van der Waals surface area contributed by atoms with Gasteiger partial charge in [-0.1, -0.05) is 0 Å². The van der Waals surface area contributed by atoms with E-state index in [1.54, 1.807) is 7.05 Å². The summed E-state index contributed by atoms with van der Waals surface area (Å²) in [4.78, 5) is 6.17. The molecule has 0 spiro atoms. The molecular weight excluding hydrogens is 441 g/mol. The first-order valence-electron chi connectivity index (χ1n) is 8.44. The molecule has 2 aliphatic rings. The highest BCUT2D eigenvalue weighted by Crippen LogP contribution is 2.24. The van der Waals surface area contributed by atoms with Gasteiger partial charge in [-0.05, 0) is 31.4 Å². The summed E-state index contributed by atoms with van der Waals surface area (Å²) in [5, 5.41) is 6.65. The van der Waals surface area contributed by atoms with E-state index in [4.69, 9.17) is 4.74 Å². The number of ether oxygens (including phenoxy) is 1. The first-order chi connectivity index (χ1) is 11.7. The lowest BCUT2D eigenvalue weighted by molar-refractivity contribution is 0.113. The van der Waals surface area contributed by atoms with E-state index >= 15 is 0 Å². The van der Waals surface area contributed by atoms with Crippen LogP contribution in [0.15, 0.2) is 23.2 Å². The zero-order valence-electron chi connectivity index (χ0n) is 14.3. The summed E-state index contributed by atoms with van der Waals surface area (Å²) in [6.07, 6.45) is 3.30. The Morgan fingerprint density at radius 1 is 1.36 bits per heavy atom. The number of hydrogen-bond acceptors (Lipinski definition) is 3. The van der Waals surface area contributed by atoms with Gasteiger partial charge in [0, 0.05) is 45.4 Å². The molecule has 2 fully saturated rings. The standard InChI is InChI=1S/C17H24F2N4O.HI/c1-20-17(21-10-14-3-2-8-24-14)22-13-6-7-23(11-13)16-5-4-12(18)9-15(16)19;/h4-5,9,13-14H,2-3,6-8,10-11H2,1H3,(H2,20,21,22);1H. The van der Waals surface area contributed by atoms with Gasteiger partial charge in [0.2, 0.25) is 0 Å². The molecule has 5 nitrogen and oxygen atoms in total. The van der Waals surface area contributed by atoms with Crippen molar-refractivity contribution in [3.05, 3.63) is 29.8 Å². The zero-order chi connectivity index (χ0) is 16.9. The monoisotopic (exact) mass is 466 g/mol. The Morgan fingerprint density at radius 3 is 2.88 bits per heavy atom.